The van der Waals surface area contributed by atoms with Crippen LogP contribution in [-0.4, -0.2) is 20.0 Å². The third kappa shape index (κ3) is 1.94. The first-order valence-electron chi connectivity index (χ1n) is 4.92. The van der Waals surface area contributed by atoms with Gasteiger partial charge in [-0.3, -0.25) is 0 Å². The summed E-state index contributed by atoms with van der Waals surface area (Å²) < 4.78 is 1.75. The van der Waals surface area contributed by atoms with Gasteiger partial charge in [0.2, 0.25) is 0 Å². The molecule has 1 aromatic carbocycles. The third-order valence-electron chi connectivity index (χ3n) is 2.25. The van der Waals surface area contributed by atoms with Gasteiger partial charge in [-0.1, -0.05) is 35.0 Å². The smallest absolute Gasteiger partial charge is 0.145 e. The first-order chi connectivity index (χ1) is 8.34. The Labute approximate surface area is 107 Å². The Kier molecular flexibility index (Phi) is 2.62. The summed E-state index contributed by atoms with van der Waals surface area (Å²) >= 11 is 7.30. The van der Waals surface area contributed by atoms with Crippen molar-refractivity contribution in [2.75, 3.05) is 0 Å². The quantitative estimate of drug-likeness (QED) is 0.713. The largest absolute Gasteiger partial charge is 0.223 e. The van der Waals surface area contributed by atoms with Crippen molar-refractivity contribution in [3.05, 3.63) is 47.1 Å². The van der Waals surface area contributed by atoms with Crippen molar-refractivity contribution < 1.29 is 0 Å². The molecule has 17 heavy (non-hydrogen) atoms. The van der Waals surface area contributed by atoms with Crippen LogP contribution >= 0.6 is 22.9 Å². The molecule has 0 aliphatic heterocycles. The van der Waals surface area contributed by atoms with Gasteiger partial charge in [0.1, 0.15) is 15.9 Å². The van der Waals surface area contributed by atoms with Crippen molar-refractivity contribution >= 4 is 22.9 Å². The zero-order valence-corrected chi connectivity index (χ0v) is 10.2. The van der Waals surface area contributed by atoms with Crippen molar-refractivity contribution in [3.63, 3.8) is 0 Å². The van der Waals surface area contributed by atoms with E-state index in [0.717, 1.165) is 16.4 Å². The van der Waals surface area contributed by atoms with Crippen LogP contribution in [0.4, 0.5) is 0 Å². The lowest BCUT2D eigenvalue weighted by atomic mass is 10.3. The average molecular weight is 263 g/mol. The number of thiazole rings is 1. The fraction of sp³-hybridized carbons (Fsp3) is 0. The molecular formula is C11H7ClN4S. The highest BCUT2D eigenvalue weighted by Crippen LogP contribution is 2.26. The van der Waals surface area contributed by atoms with Gasteiger partial charge in [-0.25, -0.2) is 9.67 Å². The molecule has 0 spiro atoms. The Hall–Kier alpha value is -1.72. The lowest BCUT2D eigenvalue weighted by molar-refractivity contribution is 0.807. The first kappa shape index (κ1) is 10.4. The molecule has 0 unspecified atom stereocenters. The molecule has 0 saturated heterocycles. The maximum atomic E-state index is 5.82. The van der Waals surface area contributed by atoms with Crippen molar-refractivity contribution in [1.29, 1.82) is 0 Å². The van der Waals surface area contributed by atoms with Gasteiger partial charge in [-0.05, 0) is 12.1 Å². The van der Waals surface area contributed by atoms with E-state index in [4.69, 9.17) is 11.6 Å². The van der Waals surface area contributed by atoms with E-state index in [2.05, 4.69) is 15.3 Å². The molecule has 2 aromatic heterocycles. The molecule has 0 saturated carbocycles. The highest BCUT2D eigenvalue weighted by Gasteiger charge is 2.11. The fourth-order valence-electron chi connectivity index (χ4n) is 1.51. The molecule has 0 bridgehead atoms. The molecule has 2 heterocycles. The maximum absolute atomic E-state index is 5.82. The van der Waals surface area contributed by atoms with Crippen LogP contribution in [0.15, 0.2) is 41.9 Å². The number of hydrogen-bond acceptors (Lipinski definition) is 4. The van der Waals surface area contributed by atoms with Crippen LogP contribution < -0.4 is 0 Å². The number of halogens is 1. The Bertz CT molecular complexity index is 632. The minimum Gasteiger partial charge on any atom is -0.223 e. The summed E-state index contributed by atoms with van der Waals surface area (Å²) in [5, 5.41) is 11.1. The third-order valence-corrected chi connectivity index (χ3v) is 3.43. The van der Waals surface area contributed by atoms with E-state index in [-0.39, 0.29) is 0 Å². The van der Waals surface area contributed by atoms with Crippen LogP contribution in [0, 0.1) is 0 Å². The van der Waals surface area contributed by atoms with Crippen LogP contribution in [-0.2, 0) is 0 Å². The first-order valence-corrected chi connectivity index (χ1v) is 6.18. The van der Waals surface area contributed by atoms with Gasteiger partial charge < -0.3 is 0 Å². The van der Waals surface area contributed by atoms with E-state index < -0.39 is 0 Å². The van der Waals surface area contributed by atoms with Gasteiger partial charge in [0, 0.05) is 5.38 Å². The van der Waals surface area contributed by atoms with Crippen LogP contribution in [0.5, 0.6) is 0 Å². The minimum atomic E-state index is 0.491. The molecule has 0 aliphatic carbocycles. The standard InChI is InChI=1S/C11H7ClN4S/c12-10-7-17-11(14-10)9-6-13-15-16(9)8-4-2-1-3-5-8/h1-7H. The van der Waals surface area contributed by atoms with Crippen LogP contribution in [0.1, 0.15) is 0 Å². The number of nitrogens with zero attached hydrogens (tertiary/aromatic N) is 4. The molecule has 0 atom stereocenters. The van der Waals surface area contributed by atoms with Crippen molar-refractivity contribution in [2.45, 2.75) is 0 Å². The maximum Gasteiger partial charge on any atom is 0.145 e. The second-order valence-corrected chi connectivity index (χ2v) is 4.59. The Morgan fingerprint density at radius 1 is 1.18 bits per heavy atom. The SMILES string of the molecule is Clc1csc(-c2cnnn2-c2ccccc2)n1. The van der Waals surface area contributed by atoms with E-state index in [1.807, 2.05) is 30.3 Å². The summed E-state index contributed by atoms with van der Waals surface area (Å²) in [4.78, 5) is 4.22. The number of rotatable bonds is 2. The minimum absolute atomic E-state index is 0.491. The molecule has 4 nitrogen and oxygen atoms in total. The van der Waals surface area contributed by atoms with Gasteiger partial charge in [0.15, 0.2) is 0 Å². The summed E-state index contributed by atoms with van der Waals surface area (Å²) in [6.07, 6.45) is 1.68. The van der Waals surface area contributed by atoms with E-state index in [1.54, 1.807) is 16.3 Å². The molecule has 0 aliphatic rings. The van der Waals surface area contributed by atoms with Gasteiger partial charge >= 0.3 is 0 Å². The molecule has 6 heteroatoms. The Morgan fingerprint density at radius 2 is 2.00 bits per heavy atom. The van der Waals surface area contributed by atoms with E-state index >= 15 is 0 Å². The van der Waals surface area contributed by atoms with Crippen LogP contribution in [0.25, 0.3) is 16.4 Å². The summed E-state index contributed by atoms with van der Waals surface area (Å²) in [6, 6.07) is 9.80. The highest BCUT2D eigenvalue weighted by molar-refractivity contribution is 7.13. The highest BCUT2D eigenvalue weighted by atomic mass is 35.5. The second-order valence-electron chi connectivity index (χ2n) is 3.34. The summed E-state index contributed by atoms with van der Waals surface area (Å²) in [5.74, 6) is 0. The zero-order chi connectivity index (χ0) is 11.7. The molecule has 0 radical (unpaired) electrons. The number of aromatic nitrogens is 4. The molecule has 0 fully saturated rings. The monoisotopic (exact) mass is 262 g/mol. The van der Waals surface area contributed by atoms with Crippen molar-refractivity contribution in [2.24, 2.45) is 0 Å². The van der Waals surface area contributed by atoms with Crippen molar-refractivity contribution in [1.82, 2.24) is 20.0 Å². The van der Waals surface area contributed by atoms with Crippen molar-refractivity contribution in [3.8, 4) is 16.4 Å². The number of hydrogen-bond donors (Lipinski definition) is 0. The topological polar surface area (TPSA) is 43.6 Å². The fourth-order valence-corrected chi connectivity index (χ4v) is 2.45. The van der Waals surface area contributed by atoms with E-state index in [1.165, 1.54) is 11.3 Å². The predicted octanol–water partition coefficient (Wildman–Crippen LogP) is 3.04. The summed E-state index contributed by atoms with van der Waals surface area (Å²) in [6.45, 7) is 0. The number of benzene rings is 1. The number of para-hydroxylation sites is 1. The second kappa shape index (κ2) is 4.27. The lowest BCUT2D eigenvalue weighted by Gasteiger charge is -2.02. The molecular weight excluding hydrogens is 256 g/mol. The van der Waals surface area contributed by atoms with E-state index in [9.17, 15) is 0 Å². The van der Waals surface area contributed by atoms with Gasteiger partial charge in [0.05, 0.1) is 11.9 Å². The zero-order valence-electron chi connectivity index (χ0n) is 8.62. The predicted molar refractivity (Wildman–Crippen MR) is 67.5 cm³/mol. The van der Waals surface area contributed by atoms with Crippen LogP contribution in [0.3, 0.4) is 0 Å². The van der Waals surface area contributed by atoms with Gasteiger partial charge in [0.25, 0.3) is 0 Å². The molecule has 3 aromatic rings. The molecule has 84 valence electrons. The van der Waals surface area contributed by atoms with E-state index in [0.29, 0.717) is 5.15 Å². The Morgan fingerprint density at radius 3 is 2.71 bits per heavy atom. The summed E-state index contributed by atoms with van der Waals surface area (Å²) in [7, 11) is 0. The van der Waals surface area contributed by atoms with Gasteiger partial charge in [-0.15, -0.1) is 16.4 Å². The van der Waals surface area contributed by atoms with Gasteiger partial charge in [-0.2, -0.15) is 0 Å². The summed E-state index contributed by atoms with van der Waals surface area (Å²) in [5.41, 5.74) is 1.79. The van der Waals surface area contributed by atoms with Crippen LogP contribution in [0.2, 0.25) is 5.15 Å². The normalized spacial score (nSPS) is 10.6. The Balaban J connectivity index is 2.12. The molecule has 0 amide bonds. The average Bonchev–Trinajstić information content (AvgIpc) is 2.98. The lowest BCUT2D eigenvalue weighted by Crippen LogP contribution is -1.98. The molecule has 0 N–H and O–H groups in total. The molecule has 3 rings (SSSR count).